The highest BCUT2D eigenvalue weighted by atomic mass is 32.2. The van der Waals surface area contributed by atoms with Gasteiger partial charge in [-0.15, -0.1) is 0 Å². The molecular weight excluding hydrogens is 336 g/mol. The Morgan fingerprint density at radius 3 is 2.28 bits per heavy atom. The summed E-state index contributed by atoms with van der Waals surface area (Å²) < 4.78 is 31.7. The van der Waals surface area contributed by atoms with E-state index in [1.54, 1.807) is 12.1 Å². The molecular formula is C19H26N2O3S. The summed E-state index contributed by atoms with van der Waals surface area (Å²) in [5, 5.41) is 3.28. The molecule has 0 atom stereocenters. The summed E-state index contributed by atoms with van der Waals surface area (Å²) in [5.74, 6) is 0.823. The fourth-order valence-corrected chi connectivity index (χ4v) is 3.37. The van der Waals surface area contributed by atoms with Crippen molar-refractivity contribution < 1.29 is 13.2 Å². The van der Waals surface area contributed by atoms with Crippen molar-refractivity contribution in [2.45, 2.75) is 25.7 Å². The van der Waals surface area contributed by atoms with E-state index in [1.165, 1.54) is 24.0 Å². The Hall–Kier alpha value is -2.05. The van der Waals surface area contributed by atoms with E-state index in [4.69, 9.17) is 4.74 Å². The molecule has 1 N–H and O–H groups in total. The Bertz CT molecular complexity index is 828. The average Bonchev–Trinajstić information content (AvgIpc) is 2.56. The monoisotopic (exact) mass is 362 g/mol. The van der Waals surface area contributed by atoms with Crippen LogP contribution in [0.1, 0.15) is 16.7 Å². The molecule has 0 aliphatic heterocycles. The molecule has 6 heteroatoms. The second-order valence-electron chi connectivity index (χ2n) is 6.29. The van der Waals surface area contributed by atoms with Gasteiger partial charge in [0, 0.05) is 26.3 Å². The van der Waals surface area contributed by atoms with Gasteiger partial charge in [0.2, 0.25) is 10.0 Å². The maximum Gasteiger partial charge on any atom is 0.242 e. The van der Waals surface area contributed by atoms with E-state index < -0.39 is 10.0 Å². The summed E-state index contributed by atoms with van der Waals surface area (Å²) in [6.07, 6.45) is 0. The van der Waals surface area contributed by atoms with Gasteiger partial charge in [0.15, 0.2) is 0 Å². The van der Waals surface area contributed by atoms with Crippen LogP contribution in [-0.2, 0) is 10.0 Å². The van der Waals surface area contributed by atoms with Crippen LogP contribution in [-0.4, -0.2) is 40.0 Å². The fraction of sp³-hybridized carbons (Fsp3) is 0.368. The Morgan fingerprint density at radius 2 is 1.68 bits per heavy atom. The van der Waals surface area contributed by atoms with E-state index in [9.17, 15) is 8.42 Å². The second-order valence-corrected chi connectivity index (χ2v) is 8.44. The topological polar surface area (TPSA) is 58.6 Å². The summed E-state index contributed by atoms with van der Waals surface area (Å²) in [7, 11) is -0.385. The number of nitrogens with zero attached hydrogens (tertiary/aromatic N) is 1. The smallest absolute Gasteiger partial charge is 0.242 e. The number of sulfonamides is 1. The Morgan fingerprint density at radius 1 is 1.04 bits per heavy atom. The van der Waals surface area contributed by atoms with Gasteiger partial charge < -0.3 is 10.1 Å². The Balaban J connectivity index is 2.06. The highest BCUT2D eigenvalue weighted by Gasteiger charge is 2.19. The van der Waals surface area contributed by atoms with Crippen LogP contribution in [0.15, 0.2) is 41.3 Å². The Kier molecular flexibility index (Phi) is 6.08. The molecule has 0 fully saturated rings. The number of benzene rings is 2. The van der Waals surface area contributed by atoms with Gasteiger partial charge in [-0.3, -0.25) is 0 Å². The zero-order chi connectivity index (χ0) is 18.6. The summed E-state index contributed by atoms with van der Waals surface area (Å²) >= 11 is 0. The molecule has 0 saturated carbocycles. The molecule has 5 nitrogen and oxygen atoms in total. The van der Waals surface area contributed by atoms with Gasteiger partial charge in [0.25, 0.3) is 0 Å². The van der Waals surface area contributed by atoms with Crippen molar-refractivity contribution in [1.29, 1.82) is 0 Å². The van der Waals surface area contributed by atoms with Gasteiger partial charge in [-0.05, 0) is 56.2 Å². The highest BCUT2D eigenvalue weighted by molar-refractivity contribution is 7.89. The van der Waals surface area contributed by atoms with Crippen LogP contribution in [0.25, 0.3) is 0 Å². The first-order valence-corrected chi connectivity index (χ1v) is 9.63. The number of hydrogen-bond acceptors (Lipinski definition) is 4. The number of nitrogens with one attached hydrogen (secondary N) is 1. The lowest BCUT2D eigenvalue weighted by Gasteiger charge is -2.17. The van der Waals surface area contributed by atoms with Crippen LogP contribution < -0.4 is 10.1 Å². The van der Waals surface area contributed by atoms with Gasteiger partial charge in [-0.2, -0.15) is 0 Å². The predicted molar refractivity (Wildman–Crippen MR) is 102 cm³/mol. The molecule has 0 aliphatic rings. The molecule has 2 aromatic carbocycles. The summed E-state index contributed by atoms with van der Waals surface area (Å²) in [6, 6.07) is 11.3. The maximum atomic E-state index is 12.4. The quantitative estimate of drug-likeness (QED) is 0.768. The minimum absolute atomic E-state index is 0.294. The van der Waals surface area contributed by atoms with Crippen molar-refractivity contribution in [3.63, 3.8) is 0 Å². The van der Waals surface area contributed by atoms with Crippen LogP contribution in [0.3, 0.4) is 0 Å². The number of anilines is 1. The molecule has 0 bridgehead atoms. The van der Waals surface area contributed by atoms with E-state index in [-0.39, 0.29) is 0 Å². The molecule has 2 aromatic rings. The molecule has 2 rings (SSSR count). The van der Waals surface area contributed by atoms with Crippen LogP contribution in [0.4, 0.5) is 5.69 Å². The molecule has 0 heterocycles. The third-order valence-electron chi connectivity index (χ3n) is 4.13. The lowest BCUT2D eigenvalue weighted by molar-refractivity contribution is 0.333. The molecule has 0 amide bonds. The molecule has 0 aromatic heterocycles. The van der Waals surface area contributed by atoms with Gasteiger partial charge in [0.1, 0.15) is 12.4 Å². The van der Waals surface area contributed by atoms with E-state index in [0.29, 0.717) is 18.0 Å². The molecule has 0 unspecified atom stereocenters. The number of hydrogen-bond donors (Lipinski definition) is 1. The van der Waals surface area contributed by atoms with Crippen LogP contribution >= 0.6 is 0 Å². The normalized spacial score (nSPS) is 11.6. The zero-order valence-electron chi connectivity index (χ0n) is 15.5. The largest absolute Gasteiger partial charge is 0.492 e. The molecule has 0 aliphatic carbocycles. The minimum atomic E-state index is -3.45. The van der Waals surface area contributed by atoms with Crippen molar-refractivity contribution in [2.24, 2.45) is 0 Å². The van der Waals surface area contributed by atoms with E-state index in [2.05, 4.69) is 5.32 Å². The first-order valence-electron chi connectivity index (χ1n) is 8.19. The highest BCUT2D eigenvalue weighted by Crippen LogP contribution is 2.25. The molecule has 0 saturated heterocycles. The third kappa shape index (κ3) is 4.74. The van der Waals surface area contributed by atoms with Gasteiger partial charge in [-0.1, -0.05) is 17.7 Å². The van der Waals surface area contributed by atoms with Gasteiger partial charge >= 0.3 is 0 Å². The lowest BCUT2D eigenvalue weighted by Crippen LogP contribution is -2.22. The predicted octanol–water partition coefficient (Wildman–Crippen LogP) is 3.35. The molecule has 136 valence electrons. The van der Waals surface area contributed by atoms with Crippen molar-refractivity contribution >= 4 is 15.7 Å². The van der Waals surface area contributed by atoms with Crippen LogP contribution in [0.5, 0.6) is 5.75 Å². The number of aryl methyl sites for hydroxylation is 2. The first-order chi connectivity index (χ1) is 11.7. The summed E-state index contributed by atoms with van der Waals surface area (Å²) in [4.78, 5) is 0.294. The summed E-state index contributed by atoms with van der Waals surface area (Å²) in [5.41, 5.74) is 3.97. The average molecular weight is 362 g/mol. The number of ether oxygens (including phenoxy) is 1. The van der Waals surface area contributed by atoms with Crippen molar-refractivity contribution in [3.8, 4) is 5.75 Å². The zero-order valence-corrected chi connectivity index (χ0v) is 16.3. The minimum Gasteiger partial charge on any atom is -0.492 e. The molecule has 0 radical (unpaired) electrons. The Labute approximate surface area is 150 Å². The molecule has 25 heavy (non-hydrogen) atoms. The number of rotatable bonds is 7. The van der Waals surface area contributed by atoms with Crippen molar-refractivity contribution in [3.05, 3.63) is 53.1 Å². The lowest BCUT2D eigenvalue weighted by atomic mass is 10.1. The maximum absolute atomic E-state index is 12.4. The van der Waals surface area contributed by atoms with E-state index in [0.717, 1.165) is 22.6 Å². The van der Waals surface area contributed by atoms with Gasteiger partial charge in [-0.25, -0.2) is 12.7 Å². The summed E-state index contributed by atoms with van der Waals surface area (Å²) in [6.45, 7) is 7.00. The van der Waals surface area contributed by atoms with Crippen LogP contribution in [0.2, 0.25) is 0 Å². The van der Waals surface area contributed by atoms with E-state index in [1.807, 2.05) is 45.0 Å². The first kappa shape index (κ1) is 19.3. The van der Waals surface area contributed by atoms with Crippen molar-refractivity contribution in [1.82, 2.24) is 4.31 Å². The third-order valence-corrected chi connectivity index (χ3v) is 5.92. The van der Waals surface area contributed by atoms with Gasteiger partial charge in [0.05, 0.1) is 4.90 Å². The standard InChI is InChI=1S/C19H26N2O3S/c1-14-6-8-17(9-7-14)24-11-10-20-19-13-18(12-15(2)16(19)3)25(22,23)21(4)5/h6-9,12-13,20H,10-11H2,1-5H3. The SMILES string of the molecule is Cc1ccc(OCCNc2cc(S(=O)(=O)N(C)C)cc(C)c2C)cc1. The van der Waals surface area contributed by atoms with E-state index >= 15 is 0 Å². The van der Waals surface area contributed by atoms with Crippen molar-refractivity contribution in [2.75, 3.05) is 32.6 Å². The van der Waals surface area contributed by atoms with Crippen LogP contribution in [0, 0.1) is 20.8 Å². The second kappa shape index (κ2) is 7.89. The fourth-order valence-electron chi connectivity index (χ4n) is 2.36. The molecule has 0 spiro atoms.